The molecule has 3 heterocycles. The maximum atomic E-state index is 12.4. The second-order valence-corrected chi connectivity index (χ2v) is 7.47. The Hall–Kier alpha value is -0.750. The van der Waals surface area contributed by atoms with Gasteiger partial charge in [-0.2, -0.15) is 24.9 Å². The van der Waals surface area contributed by atoms with Gasteiger partial charge in [0, 0.05) is 6.20 Å². The predicted octanol–water partition coefficient (Wildman–Crippen LogP) is 3.86. The van der Waals surface area contributed by atoms with Gasteiger partial charge in [-0.05, 0) is 73.9 Å². The number of thioether (sulfide) groups is 1. The summed E-state index contributed by atoms with van der Waals surface area (Å²) in [6.07, 6.45) is 1.41. The second-order valence-electron chi connectivity index (χ2n) is 6.49. The number of likely N-dealkylation sites (tertiary alicyclic amines) is 1. The van der Waals surface area contributed by atoms with Crippen molar-refractivity contribution >= 4 is 11.8 Å². The lowest BCUT2D eigenvalue weighted by molar-refractivity contribution is -0.141. The Labute approximate surface area is 133 Å². The van der Waals surface area contributed by atoms with Crippen LogP contribution in [0.3, 0.4) is 0 Å². The molecule has 0 atom stereocenters. The summed E-state index contributed by atoms with van der Waals surface area (Å²) in [5, 5.41) is 0. The van der Waals surface area contributed by atoms with E-state index in [2.05, 4.69) is 21.6 Å². The highest BCUT2D eigenvalue weighted by molar-refractivity contribution is 8.00. The highest BCUT2D eigenvalue weighted by Crippen LogP contribution is 2.45. The minimum Gasteiger partial charge on any atom is -0.303 e. The summed E-state index contributed by atoms with van der Waals surface area (Å²) in [6.45, 7) is 3.38. The normalized spacial score (nSPS) is 21.8. The first-order valence-electron chi connectivity index (χ1n) is 7.79. The number of rotatable bonds is 4. The molecule has 0 aromatic carbocycles. The number of piperidine rings is 1. The predicted molar refractivity (Wildman–Crippen MR) is 83.0 cm³/mol. The topological polar surface area (TPSA) is 16.1 Å². The fourth-order valence-corrected chi connectivity index (χ4v) is 4.54. The molecule has 0 radical (unpaired) electrons. The molecule has 0 amide bonds. The molecule has 0 saturated carbocycles. The largest absolute Gasteiger partial charge is 0.433 e. The Morgan fingerprint density at radius 3 is 2.41 bits per heavy atom. The van der Waals surface area contributed by atoms with Crippen molar-refractivity contribution in [2.24, 2.45) is 5.41 Å². The maximum absolute atomic E-state index is 12.4. The van der Waals surface area contributed by atoms with E-state index >= 15 is 0 Å². The zero-order valence-electron chi connectivity index (χ0n) is 12.5. The first-order valence-corrected chi connectivity index (χ1v) is 8.95. The van der Waals surface area contributed by atoms with Crippen LogP contribution >= 0.6 is 11.8 Å². The molecule has 1 spiro atoms. The van der Waals surface area contributed by atoms with E-state index in [0.29, 0.717) is 5.41 Å². The molecular weight excluding hydrogens is 309 g/mol. The number of hydrogen-bond donors (Lipinski definition) is 0. The summed E-state index contributed by atoms with van der Waals surface area (Å²) in [7, 11) is 0. The van der Waals surface area contributed by atoms with Crippen LogP contribution in [0.2, 0.25) is 0 Å². The molecule has 2 saturated heterocycles. The van der Waals surface area contributed by atoms with Crippen LogP contribution in [-0.4, -0.2) is 41.0 Å². The number of alkyl halides is 3. The zero-order valence-corrected chi connectivity index (χ0v) is 13.3. The van der Waals surface area contributed by atoms with Crippen molar-refractivity contribution in [1.82, 2.24) is 9.88 Å². The van der Waals surface area contributed by atoms with Crippen molar-refractivity contribution in [3.05, 3.63) is 29.6 Å². The molecule has 2 nitrogen and oxygen atoms in total. The van der Waals surface area contributed by atoms with Gasteiger partial charge in [0.25, 0.3) is 0 Å². The summed E-state index contributed by atoms with van der Waals surface area (Å²) in [4.78, 5) is 6.00. The molecule has 2 aliphatic rings. The summed E-state index contributed by atoms with van der Waals surface area (Å²) in [6, 6.07) is 2.63. The van der Waals surface area contributed by atoms with Crippen LogP contribution in [0.1, 0.15) is 30.5 Å². The van der Waals surface area contributed by atoms with Gasteiger partial charge in [0.1, 0.15) is 5.69 Å². The molecule has 2 aliphatic heterocycles. The molecule has 2 fully saturated rings. The molecule has 0 N–H and O–H groups in total. The lowest BCUT2D eigenvalue weighted by Gasteiger charge is -2.47. The molecule has 6 heteroatoms. The van der Waals surface area contributed by atoms with Gasteiger partial charge in [0.15, 0.2) is 0 Å². The molecule has 22 heavy (non-hydrogen) atoms. The summed E-state index contributed by atoms with van der Waals surface area (Å²) in [5.41, 5.74) is 0.714. The van der Waals surface area contributed by atoms with Crippen LogP contribution < -0.4 is 0 Å². The van der Waals surface area contributed by atoms with Crippen molar-refractivity contribution in [2.75, 3.05) is 31.1 Å². The van der Waals surface area contributed by atoms with Gasteiger partial charge in [-0.25, -0.2) is 0 Å². The van der Waals surface area contributed by atoms with Crippen molar-refractivity contribution in [1.29, 1.82) is 0 Å². The monoisotopic (exact) mass is 330 g/mol. The van der Waals surface area contributed by atoms with Crippen LogP contribution in [0, 0.1) is 5.41 Å². The van der Waals surface area contributed by atoms with Crippen LogP contribution in [0.4, 0.5) is 13.2 Å². The molecule has 1 aromatic rings. The van der Waals surface area contributed by atoms with Crippen molar-refractivity contribution in [3.8, 4) is 0 Å². The van der Waals surface area contributed by atoms with Crippen LogP contribution in [-0.2, 0) is 12.6 Å². The van der Waals surface area contributed by atoms with E-state index in [4.69, 9.17) is 0 Å². The van der Waals surface area contributed by atoms with Crippen LogP contribution in [0.15, 0.2) is 18.3 Å². The van der Waals surface area contributed by atoms with Gasteiger partial charge in [-0.1, -0.05) is 6.07 Å². The maximum Gasteiger partial charge on any atom is 0.433 e. The fraction of sp³-hybridized carbons (Fsp3) is 0.688. The average molecular weight is 330 g/mol. The van der Waals surface area contributed by atoms with Gasteiger partial charge >= 0.3 is 6.18 Å². The van der Waals surface area contributed by atoms with E-state index < -0.39 is 11.9 Å². The van der Waals surface area contributed by atoms with Gasteiger partial charge in [0.2, 0.25) is 0 Å². The molecule has 1 aromatic heterocycles. The fourth-order valence-electron chi connectivity index (χ4n) is 3.18. The van der Waals surface area contributed by atoms with Crippen molar-refractivity contribution in [3.63, 3.8) is 0 Å². The summed E-state index contributed by atoms with van der Waals surface area (Å²) < 4.78 is 37.3. The van der Waals surface area contributed by atoms with E-state index in [1.807, 2.05) is 0 Å². The van der Waals surface area contributed by atoms with Gasteiger partial charge in [-0.15, -0.1) is 0 Å². The Morgan fingerprint density at radius 1 is 1.18 bits per heavy atom. The smallest absolute Gasteiger partial charge is 0.303 e. The Balaban J connectivity index is 1.40. The number of hydrogen-bond acceptors (Lipinski definition) is 3. The van der Waals surface area contributed by atoms with E-state index in [0.717, 1.165) is 31.0 Å². The third kappa shape index (κ3) is 3.77. The Kier molecular flexibility index (Phi) is 4.69. The van der Waals surface area contributed by atoms with Gasteiger partial charge in [-0.3, -0.25) is 4.98 Å². The Morgan fingerprint density at radius 2 is 1.91 bits per heavy atom. The van der Waals surface area contributed by atoms with E-state index in [1.54, 1.807) is 6.07 Å². The number of pyridine rings is 1. The average Bonchev–Trinajstić information content (AvgIpc) is 2.46. The number of aromatic nitrogens is 1. The first-order chi connectivity index (χ1) is 10.5. The minimum absolute atomic E-state index is 0.637. The molecule has 0 aliphatic carbocycles. The summed E-state index contributed by atoms with van der Waals surface area (Å²) in [5.74, 6) is 2.66. The van der Waals surface area contributed by atoms with Crippen molar-refractivity contribution in [2.45, 2.75) is 31.9 Å². The van der Waals surface area contributed by atoms with Gasteiger partial charge in [0.05, 0.1) is 0 Å². The van der Waals surface area contributed by atoms with Crippen molar-refractivity contribution < 1.29 is 13.2 Å². The van der Waals surface area contributed by atoms with Crippen LogP contribution in [0.5, 0.6) is 0 Å². The van der Waals surface area contributed by atoms with E-state index in [-0.39, 0.29) is 0 Å². The second kappa shape index (κ2) is 6.40. The lowest BCUT2D eigenvalue weighted by Crippen LogP contribution is -2.47. The van der Waals surface area contributed by atoms with Crippen LogP contribution in [0.25, 0.3) is 0 Å². The molecule has 0 unspecified atom stereocenters. The lowest BCUT2D eigenvalue weighted by atomic mass is 9.81. The first kappa shape index (κ1) is 16.1. The Bertz CT molecular complexity index is 487. The summed E-state index contributed by atoms with van der Waals surface area (Å²) >= 11 is 2.06. The minimum atomic E-state index is -4.35. The molecule has 3 rings (SSSR count). The highest BCUT2D eigenvalue weighted by atomic mass is 32.2. The highest BCUT2D eigenvalue weighted by Gasteiger charge is 2.40. The zero-order chi connectivity index (χ0) is 15.6. The molecule has 0 bridgehead atoms. The third-order valence-electron chi connectivity index (χ3n) is 4.79. The SMILES string of the molecule is FC(F)(F)c1ccc(CCCN2CCC3(CC2)CSC3)cn1. The van der Waals surface area contributed by atoms with Gasteiger partial charge < -0.3 is 4.90 Å². The number of aryl methyl sites for hydroxylation is 1. The van der Waals surface area contributed by atoms with E-state index in [1.165, 1.54) is 43.6 Å². The van der Waals surface area contributed by atoms with E-state index in [9.17, 15) is 13.2 Å². The molecule has 122 valence electrons. The number of nitrogens with zero attached hydrogens (tertiary/aromatic N) is 2. The molecular formula is C16H21F3N2S. The standard InChI is InChI=1S/C16H21F3N2S/c17-16(18,19)14-4-3-13(10-20-14)2-1-7-21-8-5-15(6-9-21)11-22-12-15/h3-4,10H,1-2,5-9,11-12H2. The quantitative estimate of drug-likeness (QED) is 0.834. The number of halogens is 3. The third-order valence-corrected chi connectivity index (χ3v) is 6.42.